The van der Waals surface area contributed by atoms with Crippen molar-refractivity contribution in [3.63, 3.8) is 0 Å². The number of aliphatic carboxylic acids is 2. The third-order valence-electron chi connectivity index (χ3n) is 8.63. The number of urea groups is 1. The van der Waals surface area contributed by atoms with Crippen LogP contribution in [0.25, 0.3) is 0 Å². The summed E-state index contributed by atoms with van der Waals surface area (Å²) < 4.78 is 5.78. The van der Waals surface area contributed by atoms with E-state index in [1.807, 2.05) is 0 Å². The van der Waals surface area contributed by atoms with Gasteiger partial charge in [0.15, 0.2) is 5.16 Å². The van der Waals surface area contributed by atoms with E-state index in [9.17, 15) is 53.1 Å². The number of nitrogens with two attached hydrogens (primary N) is 1. The van der Waals surface area contributed by atoms with Gasteiger partial charge in [-0.1, -0.05) is 23.9 Å². The van der Waals surface area contributed by atoms with E-state index in [-0.39, 0.29) is 112 Å². The Morgan fingerprint density at radius 1 is 1.05 bits per heavy atom. The number of ether oxygens (including phenoxy) is 1. The molecule has 1 aromatic heterocycles. The summed E-state index contributed by atoms with van der Waals surface area (Å²) in [5.74, 6) is -6.53. The van der Waals surface area contributed by atoms with Crippen LogP contribution in [0.2, 0.25) is 0 Å². The van der Waals surface area contributed by atoms with Crippen LogP contribution in [0.5, 0.6) is 0 Å². The van der Waals surface area contributed by atoms with Gasteiger partial charge < -0.3 is 36.2 Å². The number of rotatable bonds is 13. The summed E-state index contributed by atoms with van der Waals surface area (Å²) in [5.41, 5.74) is 3.70. The molecule has 27 heteroatoms. The van der Waals surface area contributed by atoms with E-state index in [4.69, 9.17) is 15.6 Å². The number of fused-ring (bicyclic) bond motifs is 1. The molecule has 0 bridgehead atoms. The van der Waals surface area contributed by atoms with Crippen LogP contribution in [0, 0.1) is 0 Å². The predicted molar refractivity (Wildman–Crippen MR) is 207 cm³/mol. The first-order chi connectivity index (χ1) is 26.5. The average molecular weight is 867 g/mol. The van der Waals surface area contributed by atoms with E-state index in [1.54, 1.807) is 6.92 Å². The third kappa shape index (κ3) is 10.5. The van der Waals surface area contributed by atoms with Crippen molar-refractivity contribution < 1.29 is 53.3 Å². The maximum absolute atomic E-state index is 13.9. The Balaban J connectivity index is 0.00000450. The Morgan fingerprint density at radius 3 is 2.34 bits per heavy atom. The molecule has 2 aromatic rings. The molecule has 1 aromatic carbocycles. The number of β-lactam (4-membered cyclic amide) rings is 1. The van der Waals surface area contributed by atoms with Crippen molar-refractivity contribution in [3.05, 3.63) is 61.8 Å². The van der Waals surface area contributed by atoms with Gasteiger partial charge in [0.2, 0.25) is 5.91 Å². The molecule has 58 heavy (non-hydrogen) atoms. The number of carboxylic acids is 2. The number of hydrogen-bond donors (Lipinski definition) is 7. The molecule has 5 rings (SSSR count). The molecule has 2 saturated heterocycles. The van der Waals surface area contributed by atoms with Crippen molar-refractivity contribution in [2.75, 3.05) is 43.1 Å². The number of carbonyl (C=O) groups is 8. The molecule has 0 radical (unpaired) electrons. The number of aromatic amines is 1. The molecule has 7 amide bonds. The zero-order valence-electron chi connectivity index (χ0n) is 29.4. The van der Waals surface area contributed by atoms with Crippen molar-refractivity contribution in [2.45, 2.75) is 35.6 Å². The molecular weight excluding hydrogens is 831 g/mol. The number of nitrogens with one attached hydrogen (secondary N) is 4. The summed E-state index contributed by atoms with van der Waals surface area (Å²) in [6.07, 6.45) is -1.04. The fourth-order valence-corrected chi connectivity index (χ4v) is 8.00. The quantitative estimate of drug-likeness (QED) is 0.0438. The Hall–Kier alpha value is -4.21. The van der Waals surface area contributed by atoms with Gasteiger partial charge in [-0.15, -0.1) is 16.9 Å². The first-order valence-electron chi connectivity index (χ1n) is 16.5. The number of benzene rings is 1. The molecule has 0 unspecified atom stereocenters. The topological polar surface area (TPSA) is 326 Å². The molecular formula is C31H36N10Na2O13S2. The van der Waals surface area contributed by atoms with Gasteiger partial charge in [-0.05, 0) is 30.2 Å². The zero-order valence-corrected chi connectivity index (χ0v) is 31.0. The van der Waals surface area contributed by atoms with E-state index >= 15 is 0 Å². The Bertz CT molecular complexity index is 2150. The minimum absolute atomic E-state index is 0. The molecule has 0 saturated carbocycles. The van der Waals surface area contributed by atoms with Crippen molar-refractivity contribution >= 4 is 136 Å². The number of anilines is 1. The molecule has 302 valence electrons. The van der Waals surface area contributed by atoms with Gasteiger partial charge in [0, 0.05) is 43.9 Å². The van der Waals surface area contributed by atoms with Crippen LogP contribution in [0.3, 0.4) is 0 Å². The Labute approximate surface area is 379 Å². The SMILES string of the molecule is CCN1CCN(C(=O)N[C@@H](C(=O)N[C@@H]2C(=O)N3C(C(=O)O)=C(CSc4n[nH]c(=O)c(=O)n4C)CS[C@H]23)c2ccc(NC(=O)OC[C@@H](N)C(=O)O)cc2)C(=O)C1=O.[NaH].[NaH]. The maximum atomic E-state index is 13.9. The van der Waals surface area contributed by atoms with Crippen LogP contribution in [-0.4, -0.2) is 202 Å². The van der Waals surface area contributed by atoms with E-state index in [1.165, 1.54) is 36.2 Å². The fourth-order valence-electron chi connectivity index (χ4n) is 5.59. The number of likely N-dealkylation sites (N-methyl/N-ethyl adjacent to an activating group) is 1. The van der Waals surface area contributed by atoms with Crippen LogP contribution >= 0.6 is 23.5 Å². The summed E-state index contributed by atoms with van der Waals surface area (Å²) in [5, 5.41) is 31.3. The van der Waals surface area contributed by atoms with E-state index in [0.29, 0.717) is 10.5 Å². The van der Waals surface area contributed by atoms with Crippen LogP contribution in [-0.2, 0) is 40.6 Å². The van der Waals surface area contributed by atoms with Crippen LogP contribution in [0.15, 0.2) is 50.3 Å². The first kappa shape index (κ1) is 48.2. The number of nitrogens with zero attached hydrogens (tertiary/aromatic N) is 5. The van der Waals surface area contributed by atoms with Crippen molar-refractivity contribution in [1.29, 1.82) is 0 Å². The van der Waals surface area contributed by atoms with Crippen LogP contribution < -0.4 is 32.8 Å². The Morgan fingerprint density at radius 2 is 1.72 bits per heavy atom. The summed E-state index contributed by atoms with van der Waals surface area (Å²) in [4.78, 5) is 128. The van der Waals surface area contributed by atoms with Gasteiger partial charge >= 0.3 is 106 Å². The van der Waals surface area contributed by atoms with Gasteiger partial charge in [-0.2, -0.15) is 0 Å². The van der Waals surface area contributed by atoms with Gasteiger partial charge in [-0.3, -0.25) is 53.2 Å². The van der Waals surface area contributed by atoms with Gasteiger partial charge in [0.05, 0.1) is 0 Å². The first-order valence-corrected chi connectivity index (χ1v) is 18.5. The number of carbonyl (C=O) groups excluding carboxylic acids is 6. The molecule has 3 aliphatic heterocycles. The molecule has 2 fully saturated rings. The van der Waals surface area contributed by atoms with Crippen molar-refractivity contribution in [1.82, 2.24) is 40.1 Å². The molecule has 8 N–H and O–H groups in total. The van der Waals surface area contributed by atoms with E-state index < -0.39 is 88.9 Å². The summed E-state index contributed by atoms with van der Waals surface area (Å²) in [6.45, 7) is 1.12. The number of aromatic nitrogens is 3. The summed E-state index contributed by atoms with van der Waals surface area (Å²) in [7, 11) is 1.32. The second-order valence-electron chi connectivity index (χ2n) is 12.2. The van der Waals surface area contributed by atoms with Gasteiger partial charge in [0.25, 0.3) is 5.91 Å². The van der Waals surface area contributed by atoms with Gasteiger partial charge in [-0.25, -0.2) is 19.5 Å². The summed E-state index contributed by atoms with van der Waals surface area (Å²) >= 11 is 2.09. The molecule has 4 atom stereocenters. The predicted octanol–water partition coefficient (Wildman–Crippen LogP) is -3.90. The number of piperazine rings is 1. The molecule has 3 aliphatic rings. The number of thioether (sulfide) groups is 2. The monoisotopic (exact) mass is 866 g/mol. The van der Waals surface area contributed by atoms with E-state index in [0.717, 1.165) is 33.0 Å². The standard InChI is InChI=1S/C31H34N10O13S2.2Na.2H/c1-3-39-8-9-40(25(47)24(39)46)29(52)35-17(13-4-6-15(7-5-13)33-31(53)54-10-16(32)27(48)49)20(42)34-18-22(44)41-19(28(50)51)14(11-55-26(18)41)12-56-30-37-36-21(43)23(45)38(30)2;;;;/h4-7,16-18,26H,3,8-12,32H2,1-2H3,(H,33,53)(H,34,42)(H,35,52)(H,36,43)(H,48,49)(H,50,51);;;;/t16-,17-,18-,26-;;;;/m1..../s1. The number of amides is 7. The number of H-pyrrole nitrogens is 1. The van der Waals surface area contributed by atoms with Gasteiger partial charge in [0.1, 0.15) is 35.8 Å². The van der Waals surface area contributed by atoms with Crippen LogP contribution in [0.1, 0.15) is 18.5 Å². The molecule has 4 heterocycles. The van der Waals surface area contributed by atoms with Crippen molar-refractivity contribution in [3.8, 4) is 0 Å². The molecule has 23 nitrogen and oxygen atoms in total. The number of hydrogen-bond acceptors (Lipinski definition) is 15. The number of imide groups is 1. The van der Waals surface area contributed by atoms with Crippen molar-refractivity contribution in [2.24, 2.45) is 12.8 Å². The summed E-state index contributed by atoms with van der Waals surface area (Å²) in [6, 6.07) is -0.163. The fraction of sp³-hybridized carbons (Fsp3) is 0.387. The third-order valence-corrected chi connectivity index (χ3v) is 11.1. The zero-order chi connectivity index (χ0) is 41.0. The Kier molecular flexibility index (Phi) is 17.2. The van der Waals surface area contributed by atoms with Crippen LogP contribution in [0.4, 0.5) is 15.3 Å². The molecule has 0 spiro atoms. The van der Waals surface area contributed by atoms with E-state index in [2.05, 4.69) is 26.1 Å². The normalized spacial score (nSPS) is 18.4. The molecule has 0 aliphatic carbocycles. The number of carboxylic acid groups (broad SMARTS) is 2. The average Bonchev–Trinajstić information content (AvgIpc) is 3.17. The second kappa shape index (κ2) is 20.7. The minimum atomic E-state index is -1.60. The second-order valence-corrected chi connectivity index (χ2v) is 14.2.